The van der Waals surface area contributed by atoms with Crippen LogP contribution in [-0.4, -0.2) is 21.5 Å². The first-order chi connectivity index (χ1) is 10.9. The number of rotatable bonds is 3. The number of halogens is 1. The van der Waals surface area contributed by atoms with Gasteiger partial charge >= 0.3 is 0 Å². The highest BCUT2D eigenvalue weighted by molar-refractivity contribution is 6.24. The van der Waals surface area contributed by atoms with Gasteiger partial charge in [0.1, 0.15) is 0 Å². The largest absolute Gasteiger partial charge is 0.389 e. The summed E-state index contributed by atoms with van der Waals surface area (Å²) in [7, 11) is 0. The lowest BCUT2D eigenvalue weighted by Crippen LogP contribution is -2.64. The molecule has 124 valence electrons. The second-order valence-electron chi connectivity index (χ2n) is 8.02. The number of hydrogen-bond acceptors (Lipinski definition) is 2. The molecule has 1 aromatic rings. The smallest absolute Gasteiger partial charge is 0.217 e. The number of carbonyl (C=O) groups excluding carboxylic acids is 1. The quantitative estimate of drug-likeness (QED) is 0.833. The van der Waals surface area contributed by atoms with E-state index in [4.69, 9.17) is 11.6 Å². The van der Waals surface area contributed by atoms with Crippen LogP contribution in [0.1, 0.15) is 50.6 Å². The molecule has 4 aliphatic carbocycles. The fraction of sp³-hybridized carbons (Fsp3) is 0.632. The summed E-state index contributed by atoms with van der Waals surface area (Å²) < 4.78 is 0. The van der Waals surface area contributed by atoms with Crippen molar-refractivity contribution in [2.75, 3.05) is 0 Å². The van der Waals surface area contributed by atoms with E-state index in [0.29, 0.717) is 18.3 Å². The van der Waals surface area contributed by atoms with Gasteiger partial charge in [-0.3, -0.25) is 4.79 Å². The van der Waals surface area contributed by atoms with Gasteiger partial charge < -0.3 is 10.4 Å². The Balaban J connectivity index is 1.73. The molecule has 4 heteroatoms. The average Bonchev–Trinajstić information content (AvgIpc) is 2.43. The molecule has 23 heavy (non-hydrogen) atoms. The molecule has 1 aromatic carbocycles. The topological polar surface area (TPSA) is 49.3 Å². The number of aliphatic hydroxyl groups is 1. The van der Waals surface area contributed by atoms with Crippen molar-refractivity contribution < 1.29 is 9.90 Å². The first-order valence-electron chi connectivity index (χ1n) is 8.62. The molecule has 4 aliphatic rings. The van der Waals surface area contributed by atoms with Crippen molar-refractivity contribution in [2.24, 2.45) is 17.8 Å². The number of benzene rings is 1. The molecule has 0 aromatic heterocycles. The maximum Gasteiger partial charge on any atom is 0.217 e. The highest BCUT2D eigenvalue weighted by atomic mass is 35.5. The molecule has 0 heterocycles. The molecule has 4 bridgehead atoms. The highest BCUT2D eigenvalue weighted by Gasteiger charge is 2.63. The monoisotopic (exact) mass is 333 g/mol. The van der Waals surface area contributed by atoms with Crippen LogP contribution < -0.4 is 5.32 Å². The van der Waals surface area contributed by atoms with Gasteiger partial charge in [-0.1, -0.05) is 30.3 Å². The van der Waals surface area contributed by atoms with Gasteiger partial charge in [-0.15, -0.1) is 11.6 Å². The Labute approximate surface area is 142 Å². The van der Waals surface area contributed by atoms with E-state index in [1.807, 2.05) is 30.3 Å². The summed E-state index contributed by atoms with van der Waals surface area (Å²) in [5.41, 5.74) is 0.326. The van der Waals surface area contributed by atoms with Crippen molar-refractivity contribution in [1.82, 2.24) is 5.32 Å². The lowest BCUT2D eigenvalue weighted by Gasteiger charge is -2.63. The van der Waals surface area contributed by atoms with Crippen LogP contribution in [0.25, 0.3) is 0 Å². The molecule has 4 saturated carbocycles. The summed E-state index contributed by atoms with van der Waals surface area (Å²) in [4.78, 5) is 11.6. The minimum absolute atomic E-state index is 0.0446. The van der Waals surface area contributed by atoms with Crippen LogP contribution in [0.2, 0.25) is 0 Å². The predicted molar refractivity (Wildman–Crippen MR) is 90.1 cm³/mol. The lowest BCUT2D eigenvalue weighted by molar-refractivity contribution is -0.174. The van der Waals surface area contributed by atoms with Crippen molar-refractivity contribution in [3.63, 3.8) is 0 Å². The molecule has 0 spiro atoms. The molecule has 2 N–H and O–H groups in total. The Morgan fingerprint density at radius 2 is 2.04 bits per heavy atom. The summed E-state index contributed by atoms with van der Waals surface area (Å²) in [5.74, 6) is 0.930. The van der Waals surface area contributed by atoms with Crippen molar-refractivity contribution in [3.8, 4) is 0 Å². The molecule has 0 saturated heterocycles. The van der Waals surface area contributed by atoms with Crippen LogP contribution >= 0.6 is 11.6 Å². The molecule has 0 radical (unpaired) electrons. The van der Waals surface area contributed by atoms with E-state index in [0.717, 1.165) is 31.2 Å². The SMILES string of the molecule is CC(=O)N[C@@H](c1ccccc1)[C@H]1C2CC3C[C@](Cl)(C2)C[C@@]1(O)C3. The fourth-order valence-electron chi connectivity index (χ4n) is 5.89. The van der Waals surface area contributed by atoms with E-state index in [1.165, 1.54) is 0 Å². The minimum Gasteiger partial charge on any atom is -0.389 e. The normalized spacial score (nSPS) is 42.5. The Morgan fingerprint density at radius 1 is 1.30 bits per heavy atom. The van der Waals surface area contributed by atoms with Gasteiger partial charge in [0.05, 0.1) is 11.6 Å². The second-order valence-corrected chi connectivity index (χ2v) is 8.82. The van der Waals surface area contributed by atoms with E-state index < -0.39 is 5.60 Å². The van der Waals surface area contributed by atoms with E-state index in [2.05, 4.69) is 5.32 Å². The molecule has 0 aliphatic heterocycles. The van der Waals surface area contributed by atoms with Gasteiger partial charge in [0.2, 0.25) is 5.91 Å². The van der Waals surface area contributed by atoms with Gasteiger partial charge in [-0.05, 0) is 49.5 Å². The van der Waals surface area contributed by atoms with Crippen LogP contribution in [0.5, 0.6) is 0 Å². The number of hydrogen-bond donors (Lipinski definition) is 2. The zero-order chi connectivity index (χ0) is 16.2. The van der Waals surface area contributed by atoms with Gasteiger partial charge in [0.15, 0.2) is 0 Å². The predicted octanol–water partition coefficient (Wildman–Crippen LogP) is 3.41. The third-order valence-corrected chi connectivity index (χ3v) is 6.63. The molecule has 6 atom stereocenters. The Bertz CT molecular complexity index is 621. The average molecular weight is 334 g/mol. The van der Waals surface area contributed by atoms with Gasteiger partial charge in [-0.2, -0.15) is 0 Å². The van der Waals surface area contributed by atoms with Crippen LogP contribution in [0.4, 0.5) is 0 Å². The molecule has 2 unspecified atom stereocenters. The van der Waals surface area contributed by atoms with Crippen molar-refractivity contribution >= 4 is 17.5 Å². The molecule has 3 nitrogen and oxygen atoms in total. The van der Waals surface area contributed by atoms with Crippen LogP contribution in [-0.2, 0) is 4.79 Å². The molecular weight excluding hydrogens is 310 g/mol. The van der Waals surface area contributed by atoms with Crippen molar-refractivity contribution in [3.05, 3.63) is 35.9 Å². The first-order valence-corrected chi connectivity index (χ1v) is 9.00. The Morgan fingerprint density at radius 3 is 2.65 bits per heavy atom. The first kappa shape index (κ1) is 15.5. The van der Waals surface area contributed by atoms with Crippen molar-refractivity contribution in [1.29, 1.82) is 0 Å². The summed E-state index contributed by atoms with van der Waals surface area (Å²) >= 11 is 6.79. The Hall–Kier alpha value is -1.06. The lowest BCUT2D eigenvalue weighted by atomic mass is 9.47. The third kappa shape index (κ3) is 2.58. The Kier molecular flexibility index (Phi) is 3.51. The van der Waals surface area contributed by atoms with Gasteiger partial charge in [-0.25, -0.2) is 0 Å². The number of amides is 1. The number of nitrogens with one attached hydrogen (secondary N) is 1. The second kappa shape index (κ2) is 5.22. The van der Waals surface area contributed by atoms with E-state index >= 15 is 0 Å². The minimum atomic E-state index is -0.755. The zero-order valence-electron chi connectivity index (χ0n) is 13.5. The van der Waals surface area contributed by atoms with Gasteiger partial charge in [0, 0.05) is 17.7 Å². The highest BCUT2D eigenvalue weighted by Crippen LogP contribution is 2.64. The molecular formula is C19H24ClNO2. The maximum atomic E-state index is 11.8. The summed E-state index contributed by atoms with van der Waals surface area (Å²) in [6.45, 7) is 1.55. The fourth-order valence-corrected chi connectivity index (χ4v) is 6.54. The molecule has 1 amide bonds. The summed E-state index contributed by atoms with van der Waals surface area (Å²) in [6.07, 6.45) is 4.61. The molecule has 4 fully saturated rings. The van der Waals surface area contributed by atoms with E-state index in [1.54, 1.807) is 6.92 Å². The standard InChI is InChI=1S/C19H24ClNO2/c1-12(22)21-17(14-5-3-2-4-6-14)16-15-7-13-8-18(20,10-15)11-19(16,23)9-13/h2-6,13,15-17,23H,7-11H2,1H3,(H,21,22)/t13?,15?,16-,17+,18+,19+/m1/s1. The maximum absolute atomic E-state index is 11.8. The van der Waals surface area contributed by atoms with E-state index in [9.17, 15) is 9.90 Å². The molecule has 5 rings (SSSR count). The number of alkyl halides is 1. The van der Waals surface area contributed by atoms with Crippen LogP contribution in [0, 0.1) is 17.8 Å². The van der Waals surface area contributed by atoms with Gasteiger partial charge in [0.25, 0.3) is 0 Å². The zero-order valence-corrected chi connectivity index (χ0v) is 14.2. The van der Waals surface area contributed by atoms with E-state index in [-0.39, 0.29) is 22.7 Å². The van der Waals surface area contributed by atoms with Crippen LogP contribution in [0.3, 0.4) is 0 Å². The van der Waals surface area contributed by atoms with Crippen LogP contribution in [0.15, 0.2) is 30.3 Å². The summed E-state index contributed by atoms with van der Waals surface area (Å²) in [6, 6.07) is 9.93. The third-order valence-electron chi connectivity index (χ3n) is 6.19. The summed E-state index contributed by atoms with van der Waals surface area (Å²) in [5, 5.41) is 14.6. The number of carbonyl (C=O) groups is 1. The van der Waals surface area contributed by atoms with Crippen molar-refractivity contribution in [2.45, 2.75) is 55.5 Å².